The van der Waals surface area contributed by atoms with Crippen LogP contribution in [0.4, 0.5) is 0 Å². The number of amides is 2. The minimum absolute atomic E-state index is 0.0342. The molecule has 2 fully saturated rings. The number of fused-ring (bicyclic) bond motifs is 1. The highest BCUT2D eigenvalue weighted by molar-refractivity contribution is 7.20. The van der Waals surface area contributed by atoms with E-state index >= 15 is 0 Å². The van der Waals surface area contributed by atoms with E-state index in [2.05, 4.69) is 29.8 Å². The van der Waals surface area contributed by atoms with Gasteiger partial charge in [0.2, 0.25) is 5.91 Å². The average molecular weight is 400 g/mol. The van der Waals surface area contributed by atoms with Crippen molar-refractivity contribution in [3.63, 3.8) is 0 Å². The Kier molecular flexibility index (Phi) is 5.43. The molecule has 2 aromatic rings. The number of rotatable bonds is 6. The van der Waals surface area contributed by atoms with Crippen LogP contribution in [0.15, 0.2) is 30.3 Å². The first-order valence-electron chi connectivity index (χ1n) is 10.3. The molecule has 150 valence electrons. The first-order valence-corrected chi connectivity index (χ1v) is 11.1. The largest absolute Gasteiger partial charge is 0.352 e. The van der Waals surface area contributed by atoms with Crippen LogP contribution in [-0.2, 0) is 4.79 Å². The van der Waals surface area contributed by atoms with Gasteiger partial charge in [-0.2, -0.15) is 0 Å². The van der Waals surface area contributed by atoms with Crippen molar-refractivity contribution in [2.24, 2.45) is 11.8 Å². The normalized spacial score (nSPS) is 27.0. The van der Waals surface area contributed by atoms with Crippen molar-refractivity contribution in [3.8, 4) is 0 Å². The fourth-order valence-corrected chi connectivity index (χ4v) is 5.34. The lowest BCUT2D eigenvalue weighted by atomic mass is 10.0. The molecule has 1 aromatic heterocycles. The van der Waals surface area contributed by atoms with E-state index < -0.39 is 5.54 Å². The third-order valence-electron chi connectivity index (χ3n) is 6.13. The molecule has 3 atom stereocenters. The zero-order valence-corrected chi connectivity index (χ0v) is 17.4. The van der Waals surface area contributed by atoms with Crippen LogP contribution in [0.2, 0.25) is 0 Å². The van der Waals surface area contributed by atoms with Crippen LogP contribution < -0.4 is 16.0 Å². The Hall–Kier alpha value is -1.92. The summed E-state index contributed by atoms with van der Waals surface area (Å²) in [5, 5.41) is 10.7. The summed E-state index contributed by atoms with van der Waals surface area (Å²) in [5.74, 6) is 0.356. The zero-order valence-electron chi connectivity index (χ0n) is 16.6. The molecule has 6 heteroatoms. The number of nitrogens with one attached hydrogen (secondary N) is 3. The highest BCUT2D eigenvalue weighted by Gasteiger charge is 2.62. The molecule has 1 aromatic carbocycles. The van der Waals surface area contributed by atoms with Crippen LogP contribution >= 0.6 is 11.3 Å². The SMILES string of the molecule is CC(C)C1CC1(NC(=O)c1cc2ccccc2s1)C(=O)NCC1CCCCN1. The minimum atomic E-state index is -0.768. The molecule has 0 bridgehead atoms. The Balaban J connectivity index is 1.46. The maximum absolute atomic E-state index is 13.1. The molecule has 1 saturated heterocycles. The quantitative estimate of drug-likeness (QED) is 0.698. The van der Waals surface area contributed by atoms with E-state index in [4.69, 9.17) is 0 Å². The number of carbonyl (C=O) groups excluding carboxylic acids is 2. The number of thiophene rings is 1. The lowest BCUT2D eigenvalue weighted by Gasteiger charge is -2.26. The summed E-state index contributed by atoms with van der Waals surface area (Å²) in [6, 6.07) is 10.2. The van der Waals surface area contributed by atoms with Gasteiger partial charge < -0.3 is 16.0 Å². The summed E-state index contributed by atoms with van der Waals surface area (Å²) in [4.78, 5) is 26.7. The molecule has 2 aliphatic rings. The number of carbonyl (C=O) groups is 2. The van der Waals surface area contributed by atoms with Crippen molar-refractivity contribution in [2.45, 2.75) is 51.1 Å². The van der Waals surface area contributed by atoms with Gasteiger partial charge >= 0.3 is 0 Å². The van der Waals surface area contributed by atoms with Gasteiger partial charge in [-0.3, -0.25) is 9.59 Å². The van der Waals surface area contributed by atoms with Gasteiger partial charge in [-0.05, 0) is 55.2 Å². The minimum Gasteiger partial charge on any atom is -0.352 e. The second kappa shape index (κ2) is 7.84. The van der Waals surface area contributed by atoms with Crippen LogP contribution in [0.5, 0.6) is 0 Å². The molecule has 4 rings (SSSR count). The van der Waals surface area contributed by atoms with Crippen molar-refractivity contribution in [3.05, 3.63) is 35.2 Å². The van der Waals surface area contributed by atoms with Crippen molar-refractivity contribution in [1.29, 1.82) is 0 Å². The van der Waals surface area contributed by atoms with E-state index in [1.165, 1.54) is 24.2 Å². The van der Waals surface area contributed by atoms with E-state index in [1.807, 2.05) is 30.3 Å². The van der Waals surface area contributed by atoms with Crippen LogP contribution in [0.25, 0.3) is 10.1 Å². The van der Waals surface area contributed by atoms with Crippen LogP contribution in [-0.4, -0.2) is 36.5 Å². The molecule has 1 aliphatic heterocycles. The molecule has 0 radical (unpaired) electrons. The van der Waals surface area contributed by atoms with Gasteiger partial charge in [-0.25, -0.2) is 0 Å². The van der Waals surface area contributed by atoms with Gasteiger partial charge in [-0.15, -0.1) is 11.3 Å². The van der Waals surface area contributed by atoms with E-state index in [1.54, 1.807) is 0 Å². The molecule has 2 heterocycles. The van der Waals surface area contributed by atoms with Crippen LogP contribution in [0, 0.1) is 11.8 Å². The molecule has 1 saturated carbocycles. The monoisotopic (exact) mass is 399 g/mol. The zero-order chi connectivity index (χ0) is 19.7. The summed E-state index contributed by atoms with van der Waals surface area (Å²) < 4.78 is 1.09. The second-order valence-corrected chi connectivity index (χ2v) is 9.57. The second-order valence-electron chi connectivity index (χ2n) is 8.49. The summed E-state index contributed by atoms with van der Waals surface area (Å²) in [6.07, 6.45) is 4.21. The molecular weight excluding hydrogens is 370 g/mol. The summed E-state index contributed by atoms with van der Waals surface area (Å²) >= 11 is 1.48. The van der Waals surface area contributed by atoms with Crippen molar-refractivity contribution in [2.75, 3.05) is 13.1 Å². The molecule has 28 heavy (non-hydrogen) atoms. The first-order chi connectivity index (χ1) is 13.5. The van der Waals surface area contributed by atoms with Gasteiger partial charge in [-0.1, -0.05) is 38.5 Å². The topological polar surface area (TPSA) is 70.2 Å². The molecule has 3 N–H and O–H groups in total. The van der Waals surface area contributed by atoms with Crippen molar-refractivity contribution in [1.82, 2.24) is 16.0 Å². The fraction of sp³-hybridized carbons (Fsp3) is 0.545. The Bertz CT molecular complexity index is 839. The van der Waals surface area contributed by atoms with E-state index in [0.29, 0.717) is 29.8 Å². The predicted molar refractivity (Wildman–Crippen MR) is 114 cm³/mol. The summed E-state index contributed by atoms with van der Waals surface area (Å²) in [6.45, 7) is 5.88. The Morgan fingerprint density at radius 2 is 2.11 bits per heavy atom. The Labute approximate surface area is 170 Å². The van der Waals surface area contributed by atoms with Crippen LogP contribution in [0.3, 0.4) is 0 Å². The number of benzene rings is 1. The van der Waals surface area contributed by atoms with E-state index in [-0.39, 0.29) is 17.7 Å². The van der Waals surface area contributed by atoms with Gasteiger partial charge in [0, 0.05) is 17.3 Å². The highest BCUT2D eigenvalue weighted by Crippen LogP contribution is 2.49. The number of hydrogen-bond acceptors (Lipinski definition) is 4. The highest BCUT2D eigenvalue weighted by atomic mass is 32.1. The smallest absolute Gasteiger partial charge is 0.262 e. The number of piperidine rings is 1. The third kappa shape index (κ3) is 3.80. The maximum atomic E-state index is 13.1. The van der Waals surface area contributed by atoms with Gasteiger partial charge in [0.25, 0.3) is 5.91 Å². The number of hydrogen-bond donors (Lipinski definition) is 3. The first kappa shape index (κ1) is 19.4. The predicted octanol–water partition coefficient (Wildman–Crippen LogP) is 3.30. The van der Waals surface area contributed by atoms with E-state index in [9.17, 15) is 9.59 Å². The van der Waals surface area contributed by atoms with E-state index in [0.717, 1.165) is 23.1 Å². The van der Waals surface area contributed by atoms with Gasteiger partial charge in [0.15, 0.2) is 0 Å². The van der Waals surface area contributed by atoms with Crippen molar-refractivity contribution >= 4 is 33.2 Å². The van der Waals surface area contributed by atoms with Gasteiger partial charge in [0.1, 0.15) is 5.54 Å². The fourth-order valence-electron chi connectivity index (χ4n) is 4.38. The molecule has 3 unspecified atom stereocenters. The van der Waals surface area contributed by atoms with Crippen LogP contribution in [0.1, 0.15) is 49.2 Å². The average Bonchev–Trinajstić information content (AvgIpc) is 3.27. The Morgan fingerprint density at radius 1 is 1.29 bits per heavy atom. The van der Waals surface area contributed by atoms with Crippen molar-refractivity contribution < 1.29 is 9.59 Å². The summed E-state index contributed by atoms with van der Waals surface area (Å²) in [7, 11) is 0. The third-order valence-corrected chi connectivity index (χ3v) is 7.25. The lowest BCUT2D eigenvalue weighted by molar-refractivity contribution is -0.124. The lowest BCUT2D eigenvalue weighted by Crippen LogP contribution is -2.53. The molecule has 0 spiro atoms. The molecule has 1 aliphatic carbocycles. The molecular formula is C22H29N3O2S. The maximum Gasteiger partial charge on any atom is 0.262 e. The standard InChI is InChI=1S/C22H29N3O2S/c1-14(2)17-12-22(17,21(27)24-13-16-8-5-6-10-23-16)25-20(26)19-11-15-7-3-4-9-18(15)28-19/h3-4,7,9,11,14,16-17,23H,5-6,8,10,12-13H2,1-2H3,(H,24,27)(H,25,26). The Morgan fingerprint density at radius 3 is 2.79 bits per heavy atom. The van der Waals surface area contributed by atoms with Gasteiger partial charge in [0.05, 0.1) is 4.88 Å². The molecule has 5 nitrogen and oxygen atoms in total. The molecule has 2 amide bonds. The summed E-state index contributed by atoms with van der Waals surface area (Å²) in [5.41, 5.74) is -0.768.